The molecule has 1 atom stereocenters. The zero-order valence-corrected chi connectivity index (χ0v) is 13.3. The van der Waals surface area contributed by atoms with Gasteiger partial charge in [0.25, 0.3) is 5.91 Å². The molecule has 0 saturated carbocycles. The monoisotopic (exact) mass is 341 g/mol. The lowest BCUT2D eigenvalue weighted by Gasteiger charge is -2.29. The van der Waals surface area contributed by atoms with Gasteiger partial charge in [-0.1, -0.05) is 0 Å². The van der Waals surface area contributed by atoms with Crippen LogP contribution in [0.2, 0.25) is 0 Å². The molecule has 0 spiro atoms. The highest BCUT2D eigenvalue weighted by atomic mass is 19.1. The topological polar surface area (TPSA) is 88.3 Å². The largest absolute Gasteiger partial charge is 0.352 e. The minimum absolute atomic E-state index is 0.274. The molecule has 9 heteroatoms. The fourth-order valence-corrected chi connectivity index (χ4v) is 2.87. The lowest BCUT2D eigenvalue weighted by molar-refractivity contribution is 0.102. The predicted octanol–water partition coefficient (Wildman–Crippen LogP) is 1.71. The van der Waals surface area contributed by atoms with E-state index in [-0.39, 0.29) is 11.6 Å². The van der Waals surface area contributed by atoms with E-state index in [1.807, 2.05) is 4.90 Å². The van der Waals surface area contributed by atoms with Crippen molar-refractivity contribution >= 4 is 23.2 Å². The molecule has 4 heterocycles. The van der Waals surface area contributed by atoms with Crippen LogP contribution < -0.4 is 10.2 Å². The van der Waals surface area contributed by atoms with Crippen molar-refractivity contribution in [1.82, 2.24) is 24.8 Å². The van der Waals surface area contributed by atoms with E-state index in [0.29, 0.717) is 30.2 Å². The molecular weight excluding hydrogens is 325 g/mol. The maximum atomic E-state index is 13.7. The number of hydrogen-bond acceptors (Lipinski definition) is 6. The Bertz CT molecular complexity index is 898. The van der Waals surface area contributed by atoms with E-state index in [2.05, 4.69) is 25.6 Å². The second-order valence-electron chi connectivity index (χ2n) is 5.85. The number of carbonyl (C=O) groups is 1. The third-order valence-electron chi connectivity index (χ3n) is 4.08. The number of nitrogens with one attached hydrogen (secondary N) is 1. The predicted molar refractivity (Wildman–Crippen MR) is 89.3 cm³/mol. The van der Waals surface area contributed by atoms with Crippen molar-refractivity contribution in [3.05, 3.63) is 42.4 Å². The number of alkyl halides is 1. The number of rotatable bonds is 3. The maximum absolute atomic E-state index is 13.7. The first-order chi connectivity index (χ1) is 12.2. The van der Waals surface area contributed by atoms with Gasteiger partial charge in [0, 0.05) is 12.7 Å². The standard InChI is InChI=1S/C16H16FN7O/c17-11-3-2-8-23(10-11)15-6-5-14-18-9-12(24(14)22-15)16(25)20-13-4-1-7-19-21-13/h1,4-7,9,11H,2-3,8,10H2,(H,20,21,25)/t11-/m0/s1. The van der Waals surface area contributed by atoms with Gasteiger partial charge in [-0.3, -0.25) is 4.79 Å². The van der Waals surface area contributed by atoms with Crippen LogP contribution in [0.1, 0.15) is 23.3 Å². The normalized spacial score (nSPS) is 17.6. The number of amides is 1. The van der Waals surface area contributed by atoms with Gasteiger partial charge >= 0.3 is 0 Å². The highest BCUT2D eigenvalue weighted by Gasteiger charge is 2.21. The van der Waals surface area contributed by atoms with Crippen molar-refractivity contribution < 1.29 is 9.18 Å². The van der Waals surface area contributed by atoms with Gasteiger partial charge in [-0.25, -0.2) is 13.9 Å². The van der Waals surface area contributed by atoms with Crippen LogP contribution in [0.15, 0.2) is 36.7 Å². The van der Waals surface area contributed by atoms with Crippen LogP contribution in [0, 0.1) is 0 Å². The van der Waals surface area contributed by atoms with E-state index in [0.717, 1.165) is 13.0 Å². The molecule has 4 rings (SSSR count). The van der Waals surface area contributed by atoms with Gasteiger partial charge in [-0.05, 0) is 37.1 Å². The molecule has 0 bridgehead atoms. The Labute approximate surface area is 142 Å². The van der Waals surface area contributed by atoms with Gasteiger partial charge in [-0.15, -0.1) is 10.2 Å². The second-order valence-corrected chi connectivity index (χ2v) is 5.85. The molecule has 8 nitrogen and oxygen atoms in total. The van der Waals surface area contributed by atoms with Crippen LogP contribution >= 0.6 is 0 Å². The van der Waals surface area contributed by atoms with E-state index < -0.39 is 6.17 Å². The molecule has 25 heavy (non-hydrogen) atoms. The quantitative estimate of drug-likeness (QED) is 0.780. The molecule has 1 saturated heterocycles. The van der Waals surface area contributed by atoms with Gasteiger partial charge in [0.15, 0.2) is 17.2 Å². The first-order valence-corrected chi connectivity index (χ1v) is 8.03. The molecule has 1 aliphatic rings. The summed E-state index contributed by atoms with van der Waals surface area (Å²) in [5, 5.41) is 14.7. The summed E-state index contributed by atoms with van der Waals surface area (Å²) in [6, 6.07) is 6.88. The summed E-state index contributed by atoms with van der Waals surface area (Å²) in [4.78, 5) is 18.6. The third-order valence-corrected chi connectivity index (χ3v) is 4.08. The lowest BCUT2D eigenvalue weighted by atomic mass is 10.1. The smallest absolute Gasteiger partial charge is 0.277 e. The molecule has 0 aromatic carbocycles. The fourth-order valence-electron chi connectivity index (χ4n) is 2.87. The van der Waals surface area contributed by atoms with Gasteiger partial charge < -0.3 is 10.2 Å². The zero-order valence-electron chi connectivity index (χ0n) is 13.3. The van der Waals surface area contributed by atoms with Gasteiger partial charge in [0.1, 0.15) is 12.0 Å². The molecule has 1 amide bonds. The molecule has 0 unspecified atom stereocenters. The summed E-state index contributed by atoms with van der Waals surface area (Å²) in [7, 11) is 0. The molecule has 0 aliphatic carbocycles. The number of fused-ring (bicyclic) bond motifs is 1. The zero-order chi connectivity index (χ0) is 17.2. The molecule has 1 fully saturated rings. The molecule has 3 aromatic heterocycles. The Morgan fingerprint density at radius 2 is 2.24 bits per heavy atom. The third kappa shape index (κ3) is 3.12. The highest BCUT2D eigenvalue weighted by Crippen LogP contribution is 2.20. The van der Waals surface area contributed by atoms with Crippen molar-refractivity contribution in [3.8, 4) is 0 Å². The summed E-state index contributed by atoms with van der Waals surface area (Å²) in [6.07, 6.45) is 3.48. The van der Waals surface area contributed by atoms with Crippen molar-refractivity contribution in [3.63, 3.8) is 0 Å². The number of aromatic nitrogens is 5. The number of halogens is 1. The Balaban J connectivity index is 1.63. The van der Waals surface area contributed by atoms with E-state index >= 15 is 0 Å². The average Bonchev–Trinajstić information content (AvgIpc) is 3.06. The summed E-state index contributed by atoms with van der Waals surface area (Å²) < 4.78 is 15.1. The summed E-state index contributed by atoms with van der Waals surface area (Å²) in [5.74, 6) is 0.580. The molecule has 1 N–H and O–H groups in total. The van der Waals surface area contributed by atoms with Crippen LogP contribution in [0.3, 0.4) is 0 Å². The molecular formula is C16H16FN7O. The van der Waals surface area contributed by atoms with Crippen LogP contribution in [-0.2, 0) is 0 Å². The first kappa shape index (κ1) is 15.4. The lowest BCUT2D eigenvalue weighted by Crippen LogP contribution is -2.37. The van der Waals surface area contributed by atoms with Crippen molar-refractivity contribution in [1.29, 1.82) is 0 Å². The van der Waals surface area contributed by atoms with Crippen LogP contribution in [-0.4, -0.2) is 50.0 Å². The minimum atomic E-state index is -0.853. The Morgan fingerprint density at radius 3 is 3.04 bits per heavy atom. The number of piperidine rings is 1. The van der Waals surface area contributed by atoms with E-state index in [1.54, 1.807) is 24.3 Å². The van der Waals surface area contributed by atoms with E-state index in [9.17, 15) is 9.18 Å². The minimum Gasteiger partial charge on any atom is -0.352 e. The van der Waals surface area contributed by atoms with Crippen LogP contribution in [0.25, 0.3) is 5.65 Å². The Morgan fingerprint density at radius 1 is 1.32 bits per heavy atom. The van der Waals surface area contributed by atoms with Gasteiger partial charge in [-0.2, -0.15) is 5.10 Å². The van der Waals surface area contributed by atoms with Gasteiger partial charge in [0.2, 0.25) is 0 Å². The van der Waals surface area contributed by atoms with Crippen molar-refractivity contribution in [2.75, 3.05) is 23.3 Å². The second kappa shape index (κ2) is 6.42. The van der Waals surface area contributed by atoms with Crippen molar-refractivity contribution in [2.45, 2.75) is 19.0 Å². The molecule has 1 aliphatic heterocycles. The maximum Gasteiger partial charge on any atom is 0.277 e. The number of imidazole rings is 1. The molecule has 0 radical (unpaired) electrons. The molecule has 128 valence electrons. The van der Waals surface area contributed by atoms with Gasteiger partial charge in [0.05, 0.1) is 12.7 Å². The number of anilines is 2. The Kier molecular flexibility index (Phi) is 3.96. The van der Waals surface area contributed by atoms with Crippen LogP contribution in [0.4, 0.5) is 16.0 Å². The number of carbonyl (C=O) groups excluding carboxylic acids is 1. The van der Waals surface area contributed by atoms with E-state index in [4.69, 9.17) is 0 Å². The molecule has 3 aromatic rings. The SMILES string of the molecule is O=C(Nc1cccnn1)c1cnc2ccc(N3CCC[C@H](F)C3)nn12. The van der Waals surface area contributed by atoms with E-state index in [1.165, 1.54) is 16.9 Å². The first-order valence-electron chi connectivity index (χ1n) is 8.03. The van der Waals surface area contributed by atoms with Crippen LogP contribution in [0.5, 0.6) is 0 Å². The number of hydrogen-bond donors (Lipinski definition) is 1. The van der Waals surface area contributed by atoms with Crippen molar-refractivity contribution in [2.24, 2.45) is 0 Å². The highest BCUT2D eigenvalue weighted by molar-refractivity contribution is 6.02. The fraction of sp³-hybridized carbons (Fsp3) is 0.312. The number of nitrogens with zero attached hydrogens (tertiary/aromatic N) is 6. The average molecular weight is 341 g/mol. The summed E-state index contributed by atoms with van der Waals surface area (Å²) in [6.45, 7) is 1.06. The Hall–Kier alpha value is -3.10. The summed E-state index contributed by atoms with van der Waals surface area (Å²) >= 11 is 0. The summed E-state index contributed by atoms with van der Waals surface area (Å²) in [5.41, 5.74) is 0.818.